The first-order valence-corrected chi connectivity index (χ1v) is 6.55. The third kappa shape index (κ3) is 2.90. The molecule has 3 aromatic rings. The minimum absolute atomic E-state index is 0.564. The van der Waals surface area contributed by atoms with Gasteiger partial charge in [0.15, 0.2) is 0 Å². The van der Waals surface area contributed by atoms with Gasteiger partial charge in [0.2, 0.25) is 0 Å². The number of ether oxygens (including phenoxy) is 1. The Morgan fingerprint density at radius 1 is 0.810 bits per heavy atom. The Labute approximate surface area is 123 Å². The quantitative estimate of drug-likeness (QED) is 0.709. The SMILES string of the molecule is N#Cc1cccnc1-c1ccc(Oc2ccccc2)cc1. The fraction of sp³-hybridized carbons (Fsp3) is 0. The summed E-state index contributed by atoms with van der Waals surface area (Å²) in [5.74, 6) is 1.54. The van der Waals surface area contributed by atoms with Crippen molar-refractivity contribution in [3.8, 4) is 28.8 Å². The molecule has 0 aliphatic carbocycles. The second-order valence-corrected chi connectivity index (χ2v) is 4.45. The summed E-state index contributed by atoms with van der Waals surface area (Å²) in [5.41, 5.74) is 2.15. The maximum Gasteiger partial charge on any atom is 0.127 e. The van der Waals surface area contributed by atoms with Gasteiger partial charge in [0.1, 0.15) is 17.6 Å². The van der Waals surface area contributed by atoms with E-state index < -0.39 is 0 Å². The molecular formula is C18H12N2O. The third-order valence-corrected chi connectivity index (χ3v) is 3.03. The van der Waals surface area contributed by atoms with Crippen molar-refractivity contribution in [3.05, 3.63) is 78.5 Å². The second kappa shape index (κ2) is 5.89. The van der Waals surface area contributed by atoms with Crippen LogP contribution >= 0.6 is 0 Å². The maximum absolute atomic E-state index is 9.11. The topological polar surface area (TPSA) is 45.9 Å². The molecule has 3 rings (SSSR count). The third-order valence-electron chi connectivity index (χ3n) is 3.03. The summed E-state index contributed by atoms with van der Waals surface area (Å²) in [6.07, 6.45) is 1.69. The number of benzene rings is 2. The molecule has 0 aliphatic heterocycles. The van der Waals surface area contributed by atoms with Crippen LogP contribution in [0.4, 0.5) is 0 Å². The first-order valence-electron chi connectivity index (χ1n) is 6.55. The zero-order valence-electron chi connectivity index (χ0n) is 11.2. The molecule has 2 aromatic carbocycles. The molecule has 100 valence electrons. The summed E-state index contributed by atoms with van der Waals surface area (Å²) >= 11 is 0. The number of pyridine rings is 1. The Bertz CT molecular complexity index is 774. The van der Waals surface area contributed by atoms with E-state index in [-0.39, 0.29) is 0 Å². The molecule has 0 atom stereocenters. The number of nitrogens with zero attached hydrogens (tertiary/aromatic N) is 2. The molecule has 3 nitrogen and oxygen atoms in total. The molecular weight excluding hydrogens is 260 g/mol. The molecule has 0 amide bonds. The lowest BCUT2D eigenvalue weighted by Gasteiger charge is -2.07. The van der Waals surface area contributed by atoms with E-state index in [0.717, 1.165) is 17.1 Å². The fourth-order valence-corrected chi connectivity index (χ4v) is 2.03. The predicted molar refractivity (Wildman–Crippen MR) is 80.9 cm³/mol. The fourth-order valence-electron chi connectivity index (χ4n) is 2.03. The molecule has 0 spiro atoms. The van der Waals surface area contributed by atoms with E-state index in [1.807, 2.05) is 54.6 Å². The van der Waals surface area contributed by atoms with Crippen molar-refractivity contribution in [3.63, 3.8) is 0 Å². The monoisotopic (exact) mass is 272 g/mol. The van der Waals surface area contributed by atoms with E-state index in [0.29, 0.717) is 11.3 Å². The van der Waals surface area contributed by atoms with E-state index in [4.69, 9.17) is 10.00 Å². The minimum atomic E-state index is 0.564. The van der Waals surface area contributed by atoms with Gasteiger partial charge in [0.25, 0.3) is 0 Å². The summed E-state index contributed by atoms with van der Waals surface area (Å²) in [7, 11) is 0. The van der Waals surface area contributed by atoms with E-state index in [9.17, 15) is 0 Å². The molecule has 21 heavy (non-hydrogen) atoms. The molecule has 0 aliphatic rings. The number of nitriles is 1. The molecule has 0 N–H and O–H groups in total. The Kier molecular flexibility index (Phi) is 3.62. The summed E-state index contributed by atoms with van der Waals surface area (Å²) < 4.78 is 5.74. The number of hydrogen-bond acceptors (Lipinski definition) is 3. The van der Waals surface area contributed by atoms with Gasteiger partial charge in [-0.25, -0.2) is 0 Å². The van der Waals surface area contributed by atoms with Gasteiger partial charge in [-0.2, -0.15) is 5.26 Å². The molecule has 3 heteroatoms. The molecule has 1 aromatic heterocycles. The lowest BCUT2D eigenvalue weighted by molar-refractivity contribution is 0.483. The highest BCUT2D eigenvalue weighted by Crippen LogP contribution is 2.26. The molecule has 0 bridgehead atoms. The smallest absolute Gasteiger partial charge is 0.127 e. The van der Waals surface area contributed by atoms with Crippen molar-refractivity contribution in [1.29, 1.82) is 5.26 Å². The molecule has 0 saturated carbocycles. The van der Waals surface area contributed by atoms with Gasteiger partial charge in [-0.15, -0.1) is 0 Å². The van der Waals surface area contributed by atoms with Crippen LogP contribution in [0.2, 0.25) is 0 Å². The Balaban J connectivity index is 1.86. The summed E-state index contributed by atoms with van der Waals surface area (Å²) in [6.45, 7) is 0. The highest BCUT2D eigenvalue weighted by atomic mass is 16.5. The van der Waals surface area contributed by atoms with E-state index in [1.165, 1.54) is 0 Å². The summed E-state index contributed by atoms with van der Waals surface area (Å²) in [5, 5.41) is 9.11. The molecule has 0 saturated heterocycles. The van der Waals surface area contributed by atoms with Crippen LogP contribution in [0.15, 0.2) is 72.9 Å². The van der Waals surface area contributed by atoms with Gasteiger partial charge in [-0.05, 0) is 48.5 Å². The average Bonchev–Trinajstić information content (AvgIpc) is 2.56. The molecule has 0 unspecified atom stereocenters. The Morgan fingerprint density at radius 3 is 2.24 bits per heavy atom. The van der Waals surface area contributed by atoms with Crippen LogP contribution in [0.3, 0.4) is 0 Å². The molecule has 1 heterocycles. The largest absolute Gasteiger partial charge is 0.457 e. The van der Waals surface area contributed by atoms with E-state index in [2.05, 4.69) is 11.1 Å². The van der Waals surface area contributed by atoms with Crippen LogP contribution in [0.1, 0.15) is 5.56 Å². The number of para-hydroxylation sites is 1. The van der Waals surface area contributed by atoms with Crippen molar-refractivity contribution in [2.24, 2.45) is 0 Å². The molecule has 0 radical (unpaired) electrons. The lowest BCUT2D eigenvalue weighted by atomic mass is 10.1. The highest BCUT2D eigenvalue weighted by molar-refractivity contribution is 5.66. The van der Waals surface area contributed by atoms with Crippen LogP contribution in [0.5, 0.6) is 11.5 Å². The van der Waals surface area contributed by atoms with Gasteiger partial charge in [0, 0.05) is 11.8 Å². The summed E-state index contributed by atoms with van der Waals surface area (Å²) in [6, 6.07) is 22.8. The Hall–Kier alpha value is -3.12. The average molecular weight is 272 g/mol. The van der Waals surface area contributed by atoms with Crippen molar-refractivity contribution in [1.82, 2.24) is 4.98 Å². The maximum atomic E-state index is 9.11. The second-order valence-electron chi connectivity index (χ2n) is 4.45. The summed E-state index contributed by atoms with van der Waals surface area (Å²) in [4.78, 5) is 4.27. The van der Waals surface area contributed by atoms with Gasteiger partial charge in [-0.1, -0.05) is 18.2 Å². The van der Waals surface area contributed by atoms with E-state index >= 15 is 0 Å². The lowest BCUT2D eigenvalue weighted by Crippen LogP contribution is -1.89. The van der Waals surface area contributed by atoms with Crippen molar-refractivity contribution in [2.45, 2.75) is 0 Å². The minimum Gasteiger partial charge on any atom is -0.457 e. The normalized spacial score (nSPS) is 9.86. The highest BCUT2D eigenvalue weighted by Gasteiger charge is 2.06. The van der Waals surface area contributed by atoms with Crippen LogP contribution in [-0.2, 0) is 0 Å². The van der Waals surface area contributed by atoms with Crippen molar-refractivity contribution in [2.75, 3.05) is 0 Å². The van der Waals surface area contributed by atoms with Crippen molar-refractivity contribution >= 4 is 0 Å². The van der Waals surface area contributed by atoms with Crippen LogP contribution in [-0.4, -0.2) is 4.98 Å². The first-order chi connectivity index (χ1) is 10.4. The van der Waals surface area contributed by atoms with Gasteiger partial charge in [0.05, 0.1) is 11.3 Å². The zero-order chi connectivity index (χ0) is 14.5. The Morgan fingerprint density at radius 2 is 1.52 bits per heavy atom. The first kappa shape index (κ1) is 12.9. The molecule has 0 fully saturated rings. The zero-order valence-corrected chi connectivity index (χ0v) is 11.2. The van der Waals surface area contributed by atoms with E-state index in [1.54, 1.807) is 18.3 Å². The van der Waals surface area contributed by atoms with Crippen LogP contribution < -0.4 is 4.74 Å². The van der Waals surface area contributed by atoms with Gasteiger partial charge in [-0.3, -0.25) is 4.98 Å². The van der Waals surface area contributed by atoms with Gasteiger partial charge >= 0.3 is 0 Å². The number of rotatable bonds is 3. The predicted octanol–water partition coefficient (Wildman–Crippen LogP) is 4.41. The van der Waals surface area contributed by atoms with Gasteiger partial charge < -0.3 is 4.74 Å². The van der Waals surface area contributed by atoms with Crippen molar-refractivity contribution < 1.29 is 4.74 Å². The van der Waals surface area contributed by atoms with Crippen LogP contribution in [0.25, 0.3) is 11.3 Å². The van der Waals surface area contributed by atoms with Crippen LogP contribution in [0, 0.1) is 11.3 Å². The number of hydrogen-bond donors (Lipinski definition) is 0. The number of aromatic nitrogens is 1. The standard InChI is InChI=1S/C18H12N2O/c19-13-15-5-4-12-20-18(15)14-8-10-17(11-9-14)21-16-6-2-1-3-7-16/h1-12H.